The minimum atomic E-state index is 0.673. The monoisotopic (exact) mass is 379 g/mol. The van der Waals surface area contributed by atoms with Crippen LogP contribution in [-0.2, 0) is 13.1 Å². The van der Waals surface area contributed by atoms with Gasteiger partial charge in [0.15, 0.2) is 5.52 Å². The summed E-state index contributed by atoms with van der Waals surface area (Å²) in [4.78, 5) is 2.45. The molecule has 0 aliphatic carbocycles. The lowest BCUT2D eigenvalue weighted by atomic mass is 10.0. The quantitative estimate of drug-likeness (QED) is 0.324. The third kappa shape index (κ3) is 2.45. The van der Waals surface area contributed by atoms with Crippen LogP contribution >= 0.6 is 23.2 Å². The van der Waals surface area contributed by atoms with Gasteiger partial charge >= 0.3 is 0 Å². The summed E-state index contributed by atoms with van der Waals surface area (Å²) >= 11 is 12.9. The SMILES string of the molecule is Clc1cc(Cl)c2c(c1)c1ccccc1c1[n+]2CCN1Cc1ccccc1. The number of hydrogen-bond acceptors (Lipinski definition) is 1. The van der Waals surface area contributed by atoms with Crippen LogP contribution < -0.4 is 9.47 Å². The van der Waals surface area contributed by atoms with Crippen molar-refractivity contribution in [3.05, 3.63) is 82.3 Å². The fraction of sp³-hybridized carbons (Fsp3) is 0.136. The molecule has 0 radical (unpaired) electrons. The summed E-state index contributed by atoms with van der Waals surface area (Å²) in [6, 6.07) is 23.0. The zero-order valence-electron chi connectivity index (χ0n) is 14.1. The number of anilines is 1. The molecule has 3 aromatic carbocycles. The zero-order valence-corrected chi connectivity index (χ0v) is 15.6. The van der Waals surface area contributed by atoms with E-state index in [1.165, 1.54) is 22.2 Å². The molecule has 5 rings (SSSR count). The maximum absolute atomic E-state index is 6.63. The highest BCUT2D eigenvalue weighted by molar-refractivity contribution is 6.39. The topological polar surface area (TPSA) is 7.12 Å². The van der Waals surface area contributed by atoms with E-state index in [-0.39, 0.29) is 0 Å². The zero-order chi connectivity index (χ0) is 17.7. The van der Waals surface area contributed by atoms with E-state index in [0.717, 1.165) is 30.5 Å². The second-order valence-corrected chi connectivity index (χ2v) is 7.56. The Morgan fingerprint density at radius 3 is 2.38 bits per heavy atom. The number of rotatable bonds is 2. The van der Waals surface area contributed by atoms with E-state index in [4.69, 9.17) is 23.2 Å². The second kappa shape index (κ2) is 6.15. The predicted octanol–water partition coefficient (Wildman–Crippen LogP) is 5.61. The Bertz CT molecular complexity index is 1140. The van der Waals surface area contributed by atoms with Crippen LogP contribution in [0.15, 0.2) is 66.7 Å². The highest BCUT2D eigenvalue weighted by atomic mass is 35.5. The molecule has 2 nitrogen and oxygen atoms in total. The van der Waals surface area contributed by atoms with Crippen LogP contribution in [0.1, 0.15) is 5.56 Å². The van der Waals surface area contributed by atoms with Crippen LogP contribution in [0.5, 0.6) is 0 Å². The summed E-state index contributed by atoms with van der Waals surface area (Å²) in [6.07, 6.45) is 0. The van der Waals surface area contributed by atoms with Crippen LogP contribution in [0, 0.1) is 0 Å². The first-order chi connectivity index (χ1) is 12.7. The van der Waals surface area contributed by atoms with Crippen molar-refractivity contribution in [2.45, 2.75) is 13.1 Å². The summed E-state index contributed by atoms with van der Waals surface area (Å²) < 4.78 is 2.35. The van der Waals surface area contributed by atoms with E-state index in [1.54, 1.807) is 0 Å². The second-order valence-electron chi connectivity index (χ2n) is 6.71. The Balaban J connectivity index is 1.80. The van der Waals surface area contributed by atoms with E-state index in [2.05, 4.69) is 64.1 Å². The Kier molecular flexibility index (Phi) is 3.77. The van der Waals surface area contributed by atoms with Crippen molar-refractivity contribution in [2.24, 2.45) is 0 Å². The number of pyridine rings is 1. The lowest BCUT2D eigenvalue weighted by molar-refractivity contribution is -0.643. The molecule has 0 saturated heterocycles. The average molecular weight is 380 g/mol. The Morgan fingerprint density at radius 1 is 0.846 bits per heavy atom. The molecule has 1 aliphatic rings. The predicted molar refractivity (Wildman–Crippen MR) is 109 cm³/mol. The number of nitrogens with zero attached hydrogens (tertiary/aromatic N) is 2. The van der Waals surface area contributed by atoms with E-state index < -0.39 is 0 Å². The first-order valence-electron chi connectivity index (χ1n) is 8.74. The van der Waals surface area contributed by atoms with Gasteiger partial charge in [0.2, 0.25) is 0 Å². The molecule has 0 bridgehead atoms. The minimum absolute atomic E-state index is 0.673. The average Bonchev–Trinajstić information content (AvgIpc) is 3.06. The summed E-state index contributed by atoms with van der Waals surface area (Å²) in [5, 5.41) is 4.93. The molecule has 0 spiro atoms. The Labute approximate surface area is 162 Å². The smallest absolute Gasteiger partial charge is 0.253 e. The summed E-state index contributed by atoms with van der Waals surface area (Å²) in [5.74, 6) is 1.24. The van der Waals surface area contributed by atoms with Gasteiger partial charge in [-0.3, -0.25) is 4.90 Å². The molecule has 1 aliphatic heterocycles. The molecule has 0 atom stereocenters. The van der Waals surface area contributed by atoms with E-state index >= 15 is 0 Å². The van der Waals surface area contributed by atoms with Gasteiger partial charge in [-0.2, -0.15) is 0 Å². The molecule has 0 fully saturated rings. The van der Waals surface area contributed by atoms with Gasteiger partial charge < -0.3 is 0 Å². The largest absolute Gasteiger partial charge is 0.285 e. The van der Waals surface area contributed by atoms with Crippen molar-refractivity contribution in [2.75, 3.05) is 11.4 Å². The first-order valence-corrected chi connectivity index (χ1v) is 9.50. The van der Waals surface area contributed by atoms with Gasteiger partial charge in [-0.15, -0.1) is 0 Å². The van der Waals surface area contributed by atoms with Crippen LogP contribution in [0.3, 0.4) is 0 Å². The van der Waals surface area contributed by atoms with Gasteiger partial charge in [-0.05, 0) is 23.8 Å². The fourth-order valence-corrected chi connectivity index (χ4v) is 4.65. The standard InChI is InChI=1S/C22H17Cl2N2/c23-16-12-19-17-8-4-5-9-18(17)22-25(14-15-6-2-1-3-7-15)10-11-26(22)21(19)20(24)13-16/h1-9,12-13H,10-11,14H2/q+1. The fourth-order valence-electron chi connectivity index (χ4n) is 4.05. The normalized spacial score (nSPS) is 13.5. The number of halogens is 2. The maximum atomic E-state index is 6.63. The van der Waals surface area contributed by atoms with Gasteiger partial charge in [0, 0.05) is 15.8 Å². The number of aromatic nitrogens is 1. The lowest BCUT2D eigenvalue weighted by Crippen LogP contribution is -2.33. The molecule has 0 unspecified atom stereocenters. The molecular weight excluding hydrogens is 363 g/mol. The lowest BCUT2D eigenvalue weighted by Gasteiger charge is -2.15. The first kappa shape index (κ1) is 15.9. The third-order valence-corrected chi connectivity index (χ3v) is 5.63. The number of benzene rings is 3. The van der Waals surface area contributed by atoms with E-state index in [1.807, 2.05) is 12.1 Å². The van der Waals surface area contributed by atoms with Gasteiger partial charge in [0.05, 0.1) is 10.4 Å². The van der Waals surface area contributed by atoms with Crippen LogP contribution in [0.25, 0.3) is 21.7 Å². The molecule has 1 aromatic heterocycles. The van der Waals surface area contributed by atoms with Crippen LogP contribution in [0.4, 0.5) is 5.82 Å². The summed E-state index contributed by atoms with van der Waals surface area (Å²) in [6.45, 7) is 2.78. The molecular formula is C22H17Cl2N2+. The number of fused-ring (bicyclic) bond motifs is 6. The molecule has 0 amide bonds. The van der Waals surface area contributed by atoms with Crippen LogP contribution in [-0.4, -0.2) is 6.54 Å². The van der Waals surface area contributed by atoms with Gasteiger partial charge in [0.1, 0.15) is 19.6 Å². The Morgan fingerprint density at radius 2 is 1.58 bits per heavy atom. The van der Waals surface area contributed by atoms with Crippen molar-refractivity contribution >= 4 is 50.7 Å². The van der Waals surface area contributed by atoms with E-state index in [0.29, 0.717) is 10.0 Å². The summed E-state index contributed by atoms with van der Waals surface area (Å²) in [7, 11) is 0. The van der Waals surface area contributed by atoms with Crippen molar-refractivity contribution in [1.29, 1.82) is 0 Å². The Hall–Kier alpha value is -2.29. The van der Waals surface area contributed by atoms with Gasteiger partial charge in [-0.1, -0.05) is 71.7 Å². The molecule has 0 saturated carbocycles. The van der Waals surface area contributed by atoms with Crippen molar-refractivity contribution in [3.63, 3.8) is 0 Å². The molecule has 128 valence electrons. The van der Waals surface area contributed by atoms with Crippen LogP contribution in [0.2, 0.25) is 10.0 Å². The molecule has 26 heavy (non-hydrogen) atoms. The molecule has 2 heterocycles. The van der Waals surface area contributed by atoms with Crippen molar-refractivity contribution in [3.8, 4) is 0 Å². The molecule has 0 N–H and O–H groups in total. The number of hydrogen-bond donors (Lipinski definition) is 0. The van der Waals surface area contributed by atoms with Gasteiger partial charge in [0.25, 0.3) is 5.82 Å². The maximum Gasteiger partial charge on any atom is 0.285 e. The third-order valence-electron chi connectivity index (χ3n) is 5.12. The van der Waals surface area contributed by atoms with Crippen molar-refractivity contribution < 1.29 is 4.57 Å². The summed E-state index contributed by atoms with van der Waals surface area (Å²) in [5.41, 5.74) is 2.38. The minimum Gasteiger partial charge on any atom is -0.253 e. The van der Waals surface area contributed by atoms with E-state index in [9.17, 15) is 0 Å². The van der Waals surface area contributed by atoms with Crippen molar-refractivity contribution in [1.82, 2.24) is 0 Å². The highest BCUT2D eigenvalue weighted by Crippen LogP contribution is 2.37. The molecule has 4 aromatic rings. The van der Waals surface area contributed by atoms with Gasteiger partial charge in [-0.25, -0.2) is 4.57 Å². The molecule has 4 heteroatoms. The highest BCUT2D eigenvalue weighted by Gasteiger charge is 2.33.